The largest absolute Gasteiger partial charge is 0.272 e. The van der Waals surface area contributed by atoms with Gasteiger partial charge in [-0.1, -0.05) is 58.5 Å². The quantitative estimate of drug-likeness (QED) is 0.652. The summed E-state index contributed by atoms with van der Waals surface area (Å²) in [6, 6.07) is 10.2. The second-order valence-corrected chi connectivity index (χ2v) is 7.29. The van der Waals surface area contributed by atoms with Crippen LogP contribution in [0.2, 0.25) is 20.1 Å². The Morgan fingerprint density at radius 1 is 1.04 bits per heavy atom. The average Bonchev–Trinajstić information content (AvgIpc) is 2.80. The molecule has 0 saturated carbocycles. The lowest BCUT2D eigenvalue weighted by atomic mass is 10.1. The molecule has 1 saturated heterocycles. The highest BCUT2D eigenvalue weighted by atomic mass is 35.5. The van der Waals surface area contributed by atoms with Gasteiger partial charge in [-0.25, -0.2) is 5.01 Å². The van der Waals surface area contributed by atoms with Crippen LogP contribution >= 0.6 is 46.4 Å². The molecule has 0 spiro atoms. The first-order chi connectivity index (χ1) is 11.9. The van der Waals surface area contributed by atoms with Crippen LogP contribution in [-0.4, -0.2) is 35.6 Å². The molecular weight excluding hydrogens is 404 g/mol. The van der Waals surface area contributed by atoms with Gasteiger partial charge in [0, 0.05) is 26.2 Å². The van der Waals surface area contributed by atoms with Crippen LogP contribution in [-0.2, 0) is 4.79 Å². The third kappa shape index (κ3) is 3.94. The molecule has 25 heavy (non-hydrogen) atoms. The van der Waals surface area contributed by atoms with E-state index in [0.717, 1.165) is 5.56 Å². The van der Waals surface area contributed by atoms with Gasteiger partial charge in [0.05, 0.1) is 17.8 Å². The number of rotatable bonds is 3. The van der Waals surface area contributed by atoms with Crippen molar-refractivity contribution in [1.29, 1.82) is 0 Å². The molecule has 1 aliphatic heterocycles. The number of hydrazone groups is 1. The number of carbonyl (C=O) groups is 1. The van der Waals surface area contributed by atoms with Crippen molar-refractivity contribution >= 4 is 58.5 Å². The van der Waals surface area contributed by atoms with E-state index in [4.69, 9.17) is 46.4 Å². The SMILES string of the molecule is CN1CC(=O)N(/N=C\c2ccc(Cl)cc2Cl)[C@H]1c1ccc(Cl)cc1Cl. The van der Waals surface area contributed by atoms with Crippen molar-refractivity contribution in [2.45, 2.75) is 6.17 Å². The van der Waals surface area contributed by atoms with Gasteiger partial charge in [0.15, 0.2) is 0 Å². The maximum absolute atomic E-state index is 12.4. The monoisotopic (exact) mass is 415 g/mol. The highest BCUT2D eigenvalue weighted by Gasteiger charge is 2.37. The van der Waals surface area contributed by atoms with Gasteiger partial charge in [-0.3, -0.25) is 9.69 Å². The second-order valence-electron chi connectivity index (χ2n) is 5.60. The molecule has 0 radical (unpaired) electrons. The van der Waals surface area contributed by atoms with Gasteiger partial charge >= 0.3 is 0 Å². The third-order valence-corrected chi connectivity index (χ3v) is 4.94. The second kappa shape index (κ2) is 7.52. The van der Waals surface area contributed by atoms with Crippen LogP contribution in [0.5, 0.6) is 0 Å². The minimum absolute atomic E-state index is 0.139. The molecule has 0 aliphatic carbocycles. The zero-order valence-corrected chi connectivity index (χ0v) is 16.1. The van der Waals surface area contributed by atoms with Gasteiger partial charge in [0.25, 0.3) is 5.91 Å². The topological polar surface area (TPSA) is 35.9 Å². The van der Waals surface area contributed by atoms with E-state index in [0.29, 0.717) is 25.7 Å². The number of benzene rings is 2. The molecule has 0 bridgehead atoms. The summed E-state index contributed by atoms with van der Waals surface area (Å²) in [5, 5.41) is 7.72. The number of likely N-dealkylation sites (N-methyl/N-ethyl adjacent to an activating group) is 1. The van der Waals surface area contributed by atoms with Gasteiger partial charge in [-0.15, -0.1) is 0 Å². The number of amides is 1. The summed E-state index contributed by atoms with van der Waals surface area (Å²) < 4.78 is 0. The van der Waals surface area contributed by atoms with Crippen LogP contribution in [0.25, 0.3) is 0 Å². The van der Waals surface area contributed by atoms with Crippen LogP contribution in [0.3, 0.4) is 0 Å². The zero-order valence-electron chi connectivity index (χ0n) is 13.1. The number of hydrogen-bond acceptors (Lipinski definition) is 3. The Balaban J connectivity index is 1.94. The molecule has 3 rings (SSSR count). The average molecular weight is 417 g/mol. The van der Waals surface area contributed by atoms with Crippen molar-refractivity contribution in [3.63, 3.8) is 0 Å². The summed E-state index contributed by atoms with van der Waals surface area (Å²) >= 11 is 24.3. The van der Waals surface area contributed by atoms with E-state index in [1.807, 2.05) is 11.9 Å². The highest BCUT2D eigenvalue weighted by molar-refractivity contribution is 6.36. The van der Waals surface area contributed by atoms with E-state index in [1.54, 1.807) is 36.4 Å². The Kier molecular flexibility index (Phi) is 5.56. The zero-order chi connectivity index (χ0) is 18.1. The molecule has 1 fully saturated rings. The lowest BCUT2D eigenvalue weighted by Crippen LogP contribution is -2.27. The number of halogens is 4. The summed E-state index contributed by atoms with van der Waals surface area (Å²) in [4.78, 5) is 14.2. The van der Waals surface area contributed by atoms with Crippen molar-refractivity contribution in [3.05, 3.63) is 67.6 Å². The predicted molar refractivity (Wildman–Crippen MR) is 103 cm³/mol. The van der Waals surface area contributed by atoms with Gasteiger partial charge in [0.1, 0.15) is 6.17 Å². The summed E-state index contributed by atoms with van der Waals surface area (Å²) in [5.41, 5.74) is 1.41. The molecule has 1 aliphatic rings. The van der Waals surface area contributed by atoms with E-state index in [1.165, 1.54) is 11.2 Å². The van der Waals surface area contributed by atoms with Crippen LogP contribution in [0, 0.1) is 0 Å². The molecule has 0 aromatic heterocycles. The first-order valence-electron chi connectivity index (χ1n) is 7.33. The molecule has 1 heterocycles. The van der Waals surface area contributed by atoms with Crippen molar-refractivity contribution in [1.82, 2.24) is 9.91 Å². The lowest BCUT2D eigenvalue weighted by molar-refractivity contribution is -0.128. The summed E-state index contributed by atoms with van der Waals surface area (Å²) in [6.45, 7) is 0.231. The Bertz CT molecular complexity index is 856. The maximum Gasteiger partial charge on any atom is 0.258 e. The van der Waals surface area contributed by atoms with Crippen LogP contribution in [0.1, 0.15) is 17.3 Å². The fourth-order valence-electron chi connectivity index (χ4n) is 2.63. The molecule has 130 valence electrons. The molecule has 0 unspecified atom stereocenters. The molecule has 4 nitrogen and oxygen atoms in total. The standard InChI is InChI=1S/C17H13Cl4N3O/c1-23-9-16(25)24(17(23)13-5-4-12(19)7-15(13)21)22-8-10-2-3-11(18)6-14(10)20/h2-8,17H,9H2,1H3/b22-8-/t17-/m0/s1. The van der Waals surface area contributed by atoms with Crippen molar-refractivity contribution in [3.8, 4) is 0 Å². The van der Waals surface area contributed by atoms with E-state index >= 15 is 0 Å². The summed E-state index contributed by atoms with van der Waals surface area (Å²) in [7, 11) is 1.83. The first-order valence-corrected chi connectivity index (χ1v) is 8.84. The molecule has 1 amide bonds. The van der Waals surface area contributed by atoms with E-state index in [2.05, 4.69) is 5.10 Å². The Labute approximate surface area is 165 Å². The lowest BCUT2D eigenvalue weighted by Gasteiger charge is -2.25. The van der Waals surface area contributed by atoms with E-state index in [9.17, 15) is 4.79 Å². The number of hydrogen-bond donors (Lipinski definition) is 0. The fourth-order valence-corrected chi connectivity index (χ4v) is 3.60. The van der Waals surface area contributed by atoms with E-state index < -0.39 is 6.17 Å². The van der Waals surface area contributed by atoms with E-state index in [-0.39, 0.29) is 12.5 Å². The molecular formula is C17H13Cl4N3O. The van der Waals surface area contributed by atoms with Crippen LogP contribution in [0.4, 0.5) is 0 Å². The van der Waals surface area contributed by atoms with Gasteiger partial charge in [-0.2, -0.15) is 5.10 Å². The van der Waals surface area contributed by atoms with Gasteiger partial charge in [-0.05, 0) is 31.3 Å². The fraction of sp³-hybridized carbons (Fsp3) is 0.176. The minimum atomic E-state index is -0.417. The Morgan fingerprint density at radius 2 is 1.68 bits per heavy atom. The highest BCUT2D eigenvalue weighted by Crippen LogP contribution is 2.35. The summed E-state index contributed by atoms with van der Waals surface area (Å²) in [5.74, 6) is -0.139. The molecule has 0 N–H and O–H groups in total. The van der Waals surface area contributed by atoms with Crippen molar-refractivity contribution < 1.29 is 4.79 Å². The number of nitrogens with zero attached hydrogens (tertiary/aromatic N) is 3. The first kappa shape index (κ1) is 18.5. The Morgan fingerprint density at radius 3 is 2.32 bits per heavy atom. The number of carbonyl (C=O) groups excluding carboxylic acids is 1. The minimum Gasteiger partial charge on any atom is -0.272 e. The molecule has 2 aromatic carbocycles. The maximum atomic E-state index is 12.4. The predicted octanol–water partition coefficient (Wildman–Crippen LogP) is 5.11. The smallest absolute Gasteiger partial charge is 0.258 e. The third-order valence-electron chi connectivity index (χ3n) is 3.81. The summed E-state index contributed by atoms with van der Waals surface area (Å²) in [6.07, 6.45) is 1.12. The molecule has 2 aromatic rings. The molecule has 1 atom stereocenters. The van der Waals surface area contributed by atoms with Crippen LogP contribution < -0.4 is 0 Å². The van der Waals surface area contributed by atoms with Crippen LogP contribution in [0.15, 0.2) is 41.5 Å². The van der Waals surface area contributed by atoms with Crippen molar-refractivity contribution in [2.24, 2.45) is 5.10 Å². The van der Waals surface area contributed by atoms with Gasteiger partial charge < -0.3 is 0 Å². The van der Waals surface area contributed by atoms with Crippen molar-refractivity contribution in [2.75, 3.05) is 13.6 Å². The Hall–Kier alpha value is -1.30. The normalized spacial score (nSPS) is 18.5. The van der Waals surface area contributed by atoms with Gasteiger partial charge in [0.2, 0.25) is 0 Å². The molecule has 8 heteroatoms.